The fraction of sp³-hybridized carbons (Fsp3) is 0.0172. The molecule has 13 rings (SSSR count). The van der Waals surface area contributed by atoms with Gasteiger partial charge in [-0.1, -0.05) is 182 Å². The first kappa shape index (κ1) is 34.6. The molecule has 288 valence electrons. The van der Waals surface area contributed by atoms with Gasteiger partial charge in [-0.15, -0.1) is 0 Å². The van der Waals surface area contributed by atoms with Crippen molar-refractivity contribution in [2.24, 2.45) is 0 Å². The second kappa shape index (κ2) is 13.4. The van der Waals surface area contributed by atoms with E-state index in [0.717, 1.165) is 55.3 Å². The highest BCUT2D eigenvalue weighted by Gasteiger charge is 2.49. The molecule has 2 aliphatic rings. The Hall–Kier alpha value is -8.21. The lowest BCUT2D eigenvalue weighted by atomic mass is 9.66. The third-order valence-electron chi connectivity index (χ3n) is 13.0. The van der Waals surface area contributed by atoms with E-state index in [9.17, 15) is 0 Å². The van der Waals surface area contributed by atoms with E-state index in [2.05, 4.69) is 182 Å². The van der Waals surface area contributed by atoms with Gasteiger partial charge in [0.15, 0.2) is 17.5 Å². The van der Waals surface area contributed by atoms with Gasteiger partial charge in [-0.05, 0) is 97.1 Å². The number of furan rings is 1. The zero-order valence-corrected chi connectivity index (χ0v) is 33.5. The quantitative estimate of drug-likeness (QED) is 0.178. The zero-order chi connectivity index (χ0) is 40.8. The zero-order valence-electron chi connectivity index (χ0n) is 33.5. The van der Waals surface area contributed by atoms with Crippen molar-refractivity contribution in [1.82, 2.24) is 15.0 Å². The fourth-order valence-electron chi connectivity index (χ4n) is 10.4. The summed E-state index contributed by atoms with van der Waals surface area (Å²) in [5.74, 6) is 1.81. The third-order valence-corrected chi connectivity index (χ3v) is 13.0. The molecule has 0 unspecified atom stereocenters. The summed E-state index contributed by atoms with van der Waals surface area (Å²) in [4.78, 5) is 16.0. The minimum absolute atomic E-state index is 0.566. The molecule has 0 saturated carbocycles. The van der Waals surface area contributed by atoms with Gasteiger partial charge in [-0.25, -0.2) is 15.0 Å². The van der Waals surface area contributed by atoms with E-state index in [4.69, 9.17) is 19.4 Å². The van der Waals surface area contributed by atoms with Crippen LogP contribution in [0.4, 0.5) is 0 Å². The molecule has 0 N–H and O–H groups in total. The van der Waals surface area contributed by atoms with Crippen LogP contribution in [-0.4, -0.2) is 15.0 Å². The SMILES string of the molecule is c1ccc(-c2ccccc2-c2nc(-c3ccc4c(c3)-c3ccccc3-c3ccccc3C43c4ccccc4-c4ccccc43)nc(-c3ccc4oc5ccccc5c4c3)n2)cc1. The highest BCUT2D eigenvalue weighted by atomic mass is 16.3. The van der Waals surface area contributed by atoms with Gasteiger partial charge >= 0.3 is 0 Å². The van der Waals surface area contributed by atoms with E-state index in [0.29, 0.717) is 17.5 Å². The first-order valence-electron chi connectivity index (χ1n) is 21.1. The van der Waals surface area contributed by atoms with Crippen LogP contribution in [0.2, 0.25) is 0 Å². The summed E-state index contributed by atoms with van der Waals surface area (Å²) in [5, 5.41) is 2.08. The third kappa shape index (κ3) is 4.98. The Kier molecular flexibility index (Phi) is 7.49. The average Bonchev–Trinajstić information content (AvgIpc) is 3.84. The molecule has 4 nitrogen and oxygen atoms in total. The largest absolute Gasteiger partial charge is 0.456 e. The number of benzene rings is 9. The van der Waals surface area contributed by atoms with Crippen molar-refractivity contribution in [3.05, 3.63) is 235 Å². The standard InChI is InChI=1S/C58H35N3O/c1-2-16-36(17-3-1)39-18-4-7-25-46(39)57-60-55(59-56(61-57)38-31-33-54-48(35-38)45-24-11-15-29-53(45)62-54)37-30-32-52-47(34-37)41-20-6-5-19-40(41)42-21-8-12-26-49(42)58(52)50-27-13-9-22-43(50)44-23-10-14-28-51(44)58/h1-35H. The number of hydrogen-bond donors (Lipinski definition) is 0. The number of para-hydroxylation sites is 1. The van der Waals surface area contributed by atoms with Crippen molar-refractivity contribution < 1.29 is 4.42 Å². The molecule has 62 heavy (non-hydrogen) atoms. The number of hydrogen-bond acceptors (Lipinski definition) is 4. The molecular formula is C58H35N3O. The first-order valence-corrected chi connectivity index (χ1v) is 21.1. The molecule has 2 aromatic heterocycles. The smallest absolute Gasteiger partial charge is 0.164 e. The van der Waals surface area contributed by atoms with E-state index in [-0.39, 0.29) is 0 Å². The van der Waals surface area contributed by atoms with Gasteiger partial charge in [0.2, 0.25) is 0 Å². The maximum absolute atomic E-state index is 6.24. The Labute approximate surface area is 358 Å². The van der Waals surface area contributed by atoms with E-state index >= 15 is 0 Å². The van der Waals surface area contributed by atoms with Crippen LogP contribution in [0.25, 0.3) is 101 Å². The maximum atomic E-state index is 6.24. The fourth-order valence-corrected chi connectivity index (χ4v) is 10.4. The van der Waals surface area contributed by atoms with Crippen molar-refractivity contribution in [2.45, 2.75) is 5.41 Å². The number of rotatable bonds is 4. The van der Waals surface area contributed by atoms with Gasteiger partial charge in [-0.2, -0.15) is 0 Å². The molecule has 4 heteroatoms. The van der Waals surface area contributed by atoms with Crippen molar-refractivity contribution in [3.8, 4) is 78.7 Å². The summed E-state index contributed by atoms with van der Waals surface area (Å²) < 4.78 is 6.24. The summed E-state index contributed by atoms with van der Waals surface area (Å²) in [6.45, 7) is 0. The Bertz CT molecular complexity index is 3560. The maximum Gasteiger partial charge on any atom is 0.164 e. The molecule has 0 amide bonds. The van der Waals surface area contributed by atoms with Crippen LogP contribution in [-0.2, 0) is 5.41 Å². The molecule has 1 spiro atoms. The molecule has 0 fully saturated rings. The summed E-state index contributed by atoms with van der Waals surface area (Å²) >= 11 is 0. The molecule has 0 aliphatic heterocycles. The number of aromatic nitrogens is 3. The van der Waals surface area contributed by atoms with Crippen molar-refractivity contribution in [3.63, 3.8) is 0 Å². The van der Waals surface area contributed by atoms with Crippen molar-refractivity contribution >= 4 is 21.9 Å². The minimum Gasteiger partial charge on any atom is -0.456 e. The van der Waals surface area contributed by atoms with Crippen LogP contribution in [0, 0.1) is 0 Å². The highest BCUT2D eigenvalue weighted by molar-refractivity contribution is 6.06. The lowest BCUT2D eigenvalue weighted by molar-refractivity contribution is 0.669. The lowest BCUT2D eigenvalue weighted by Gasteiger charge is -2.35. The molecular weight excluding hydrogens is 755 g/mol. The van der Waals surface area contributed by atoms with Gasteiger partial charge in [0.05, 0.1) is 5.41 Å². The summed E-state index contributed by atoms with van der Waals surface area (Å²) in [6, 6.07) is 75.9. The van der Waals surface area contributed by atoms with Gasteiger partial charge in [0.1, 0.15) is 11.2 Å². The highest BCUT2D eigenvalue weighted by Crippen LogP contribution is 2.61. The number of fused-ring (bicyclic) bond motifs is 15. The van der Waals surface area contributed by atoms with Gasteiger partial charge in [-0.3, -0.25) is 0 Å². The van der Waals surface area contributed by atoms with Crippen LogP contribution >= 0.6 is 0 Å². The Morgan fingerprint density at radius 1 is 0.274 bits per heavy atom. The van der Waals surface area contributed by atoms with E-state index in [1.54, 1.807) is 0 Å². The second-order valence-electron chi connectivity index (χ2n) is 16.2. The molecule has 9 aromatic carbocycles. The molecule has 2 aliphatic carbocycles. The van der Waals surface area contributed by atoms with Crippen LogP contribution < -0.4 is 0 Å². The monoisotopic (exact) mass is 789 g/mol. The predicted octanol–water partition coefficient (Wildman–Crippen LogP) is 14.4. The Balaban J connectivity index is 1.09. The van der Waals surface area contributed by atoms with Gasteiger partial charge in [0.25, 0.3) is 0 Å². The topological polar surface area (TPSA) is 51.8 Å². The van der Waals surface area contributed by atoms with Crippen molar-refractivity contribution in [1.29, 1.82) is 0 Å². The van der Waals surface area contributed by atoms with Crippen LogP contribution in [0.5, 0.6) is 0 Å². The Morgan fingerprint density at radius 2 is 0.726 bits per heavy atom. The molecule has 2 heterocycles. The molecule has 11 aromatic rings. The first-order chi connectivity index (χ1) is 30.7. The van der Waals surface area contributed by atoms with Crippen LogP contribution in [0.3, 0.4) is 0 Å². The van der Waals surface area contributed by atoms with E-state index in [1.165, 1.54) is 50.1 Å². The van der Waals surface area contributed by atoms with E-state index < -0.39 is 5.41 Å². The predicted molar refractivity (Wildman–Crippen MR) is 251 cm³/mol. The lowest BCUT2D eigenvalue weighted by Crippen LogP contribution is -2.29. The average molecular weight is 790 g/mol. The molecule has 0 atom stereocenters. The summed E-state index contributed by atoms with van der Waals surface area (Å²) in [7, 11) is 0. The van der Waals surface area contributed by atoms with Gasteiger partial charge < -0.3 is 4.42 Å². The normalized spacial score (nSPS) is 13.0. The minimum atomic E-state index is -0.566. The molecule has 0 saturated heterocycles. The Morgan fingerprint density at radius 3 is 1.40 bits per heavy atom. The van der Waals surface area contributed by atoms with Crippen molar-refractivity contribution in [2.75, 3.05) is 0 Å². The summed E-state index contributed by atoms with van der Waals surface area (Å²) in [6.07, 6.45) is 0. The van der Waals surface area contributed by atoms with Crippen LogP contribution in [0.1, 0.15) is 22.3 Å². The summed E-state index contributed by atoms with van der Waals surface area (Å²) in [5.41, 5.74) is 18.4. The van der Waals surface area contributed by atoms with E-state index in [1.807, 2.05) is 30.3 Å². The van der Waals surface area contributed by atoms with Gasteiger partial charge in [0, 0.05) is 27.5 Å². The molecule has 0 radical (unpaired) electrons. The number of nitrogens with zero attached hydrogens (tertiary/aromatic N) is 3. The van der Waals surface area contributed by atoms with Crippen LogP contribution in [0.15, 0.2) is 217 Å². The molecule has 0 bridgehead atoms. The second-order valence-corrected chi connectivity index (χ2v) is 16.2.